The van der Waals surface area contributed by atoms with Crippen molar-refractivity contribution < 1.29 is 19.4 Å². The van der Waals surface area contributed by atoms with E-state index in [1.807, 2.05) is 45.0 Å². The average Bonchev–Trinajstić information content (AvgIpc) is 2.50. The van der Waals surface area contributed by atoms with Gasteiger partial charge in [-0.15, -0.1) is 0 Å². The molecular weight excluding hydrogens is 268 g/mol. The number of carboxylic acid groups (broad SMARTS) is 1. The number of ether oxygens (including phenoxy) is 2. The number of carboxylic acids is 1. The minimum atomic E-state index is -0.890. The highest BCUT2D eigenvalue weighted by Crippen LogP contribution is 2.40. The molecule has 114 valence electrons. The van der Waals surface area contributed by atoms with E-state index in [-0.39, 0.29) is 6.42 Å². The number of carbonyl (C=O) groups is 1. The number of methoxy groups -OCH3 is 2. The molecule has 0 radical (unpaired) electrons. The van der Waals surface area contributed by atoms with E-state index in [0.29, 0.717) is 17.1 Å². The smallest absolute Gasteiger partial charge is 0.307 e. The fourth-order valence-corrected chi connectivity index (χ4v) is 2.41. The van der Waals surface area contributed by atoms with E-state index < -0.39 is 5.97 Å². The summed E-state index contributed by atoms with van der Waals surface area (Å²) in [5, 5.41) is 10.8. The molecule has 0 aliphatic rings. The lowest BCUT2D eigenvalue weighted by atomic mass is 9.96. The van der Waals surface area contributed by atoms with Crippen molar-refractivity contribution in [1.29, 1.82) is 0 Å². The Morgan fingerprint density at radius 2 is 1.52 bits per heavy atom. The molecule has 4 nitrogen and oxygen atoms in total. The number of rotatable bonds is 4. The van der Waals surface area contributed by atoms with Crippen molar-refractivity contribution in [2.45, 2.75) is 27.2 Å². The van der Waals surface area contributed by atoms with Crippen LogP contribution in [0.15, 0.2) is 24.3 Å². The van der Waals surface area contributed by atoms with Crippen molar-refractivity contribution in [2.24, 2.45) is 0 Å². The maximum atomic E-state index is 11.0. The van der Waals surface area contributed by atoms with Gasteiger partial charge in [0.15, 0.2) is 0 Å². The summed E-state index contributed by atoms with van der Waals surface area (Å²) in [6.07, 6.45) is -0.0871. The summed E-state index contributed by atoms with van der Waals surface area (Å²) in [6, 6.07) is 7.65. The van der Waals surface area contributed by atoms with Gasteiger partial charge in [0.25, 0.3) is 0 Å². The minimum absolute atomic E-state index is 0.0871. The van der Waals surface area contributed by atoms with Crippen molar-refractivity contribution in [2.75, 3.05) is 14.2 Å². The average molecular weight is 290 g/mol. The maximum Gasteiger partial charge on any atom is 0.307 e. The summed E-state index contributed by atoms with van der Waals surface area (Å²) in [7, 11) is 3.14. The number of aliphatic carboxylic acids is 1. The van der Waals surface area contributed by atoms with Crippen LogP contribution < -0.4 is 9.47 Å². The highest BCUT2D eigenvalue weighted by molar-refractivity contribution is 5.97. The molecule has 0 amide bonds. The van der Waals surface area contributed by atoms with E-state index >= 15 is 0 Å². The zero-order valence-electron chi connectivity index (χ0n) is 13.2. The van der Waals surface area contributed by atoms with Crippen LogP contribution in [0.2, 0.25) is 0 Å². The zero-order chi connectivity index (χ0) is 16.0. The fraction of sp³-hybridized carbons (Fsp3) is 0.353. The molecule has 21 heavy (non-hydrogen) atoms. The summed E-state index contributed by atoms with van der Waals surface area (Å²) in [4.78, 5) is 11.0. The first-order chi connectivity index (χ1) is 10.1. The van der Waals surface area contributed by atoms with Gasteiger partial charge in [0.2, 0.25) is 0 Å². The second kappa shape index (κ2) is 7.53. The second-order valence-corrected chi connectivity index (χ2v) is 4.29. The van der Waals surface area contributed by atoms with E-state index in [2.05, 4.69) is 0 Å². The summed E-state index contributed by atoms with van der Waals surface area (Å²) in [6.45, 7) is 5.85. The molecule has 0 saturated heterocycles. The number of benzene rings is 2. The van der Waals surface area contributed by atoms with Gasteiger partial charge in [-0.1, -0.05) is 38.1 Å². The molecule has 0 unspecified atom stereocenters. The molecular formula is C17H22O4. The van der Waals surface area contributed by atoms with Crippen LogP contribution in [-0.2, 0) is 11.2 Å². The maximum absolute atomic E-state index is 11.0. The molecule has 0 aromatic heterocycles. The summed E-state index contributed by atoms with van der Waals surface area (Å²) < 4.78 is 10.9. The Kier molecular flexibility index (Phi) is 6.03. The lowest BCUT2D eigenvalue weighted by Gasteiger charge is -2.17. The predicted octanol–water partition coefficient (Wildman–Crippen LogP) is 3.82. The van der Waals surface area contributed by atoms with Gasteiger partial charge < -0.3 is 14.6 Å². The lowest BCUT2D eigenvalue weighted by Crippen LogP contribution is -2.06. The van der Waals surface area contributed by atoms with Crippen LogP contribution in [0.4, 0.5) is 0 Å². The molecule has 0 aliphatic carbocycles. The Morgan fingerprint density at radius 3 is 1.95 bits per heavy atom. The molecule has 0 saturated carbocycles. The van der Waals surface area contributed by atoms with Crippen LogP contribution in [0, 0.1) is 6.92 Å². The highest BCUT2D eigenvalue weighted by Gasteiger charge is 2.19. The Labute approximate surface area is 125 Å². The Balaban J connectivity index is 0.00000106. The molecule has 1 N–H and O–H groups in total. The quantitative estimate of drug-likeness (QED) is 0.930. The van der Waals surface area contributed by atoms with Gasteiger partial charge in [-0.25, -0.2) is 0 Å². The third kappa shape index (κ3) is 3.27. The number of hydrogen-bond acceptors (Lipinski definition) is 3. The van der Waals surface area contributed by atoms with E-state index in [0.717, 1.165) is 16.3 Å². The van der Waals surface area contributed by atoms with Crippen LogP contribution in [0.5, 0.6) is 11.5 Å². The van der Waals surface area contributed by atoms with Crippen LogP contribution >= 0.6 is 0 Å². The lowest BCUT2D eigenvalue weighted by molar-refractivity contribution is -0.136. The third-order valence-electron chi connectivity index (χ3n) is 3.22. The summed E-state index contributed by atoms with van der Waals surface area (Å²) in [5.41, 5.74) is 1.46. The molecule has 4 heteroatoms. The van der Waals surface area contributed by atoms with Gasteiger partial charge in [-0.05, 0) is 12.5 Å². The molecule has 2 aromatic carbocycles. The summed E-state index contributed by atoms with van der Waals surface area (Å²) in [5.74, 6) is 0.419. The monoisotopic (exact) mass is 290 g/mol. The highest BCUT2D eigenvalue weighted by atomic mass is 16.5. The van der Waals surface area contributed by atoms with Gasteiger partial charge in [-0.2, -0.15) is 0 Å². The van der Waals surface area contributed by atoms with E-state index in [1.54, 1.807) is 14.2 Å². The first kappa shape index (κ1) is 16.8. The van der Waals surface area contributed by atoms with Crippen molar-refractivity contribution in [1.82, 2.24) is 0 Å². The predicted molar refractivity (Wildman–Crippen MR) is 84.5 cm³/mol. The Hall–Kier alpha value is -2.23. The van der Waals surface area contributed by atoms with Crippen molar-refractivity contribution in [3.8, 4) is 11.5 Å². The molecule has 0 aliphatic heterocycles. The molecule has 2 rings (SSSR count). The van der Waals surface area contributed by atoms with Crippen LogP contribution in [0.1, 0.15) is 25.0 Å². The van der Waals surface area contributed by atoms with E-state index in [4.69, 9.17) is 14.6 Å². The number of fused-ring (bicyclic) bond motifs is 1. The molecule has 2 aromatic rings. The molecule has 0 spiro atoms. The first-order valence-electron chi connectivity index (χ1n) is 6.94. The largest absolute Gasteiger partial charge is 0.496 e. The fourth-order valence-electron chi connectivity index (χ4n) is 2.41. The Morgan fingerprint density at radius 1 is 1.05 bits per heavy atom. The van der Waals surface area contributed by atoms with E-state index in [9.17, 15) is 4.79 Å². The van der Waals surface area contributed by atoms with Crippen molar-refractivity contribution in [3.05, 3.63) is 35.4 Å². The normalized spacial score (nSPS) is 9.76. The molecule has 0 bridgehead atoms. The van der Waals surface area contributed by atoms with Crippen molar-refractivity contribution >= 4 is 16.7 Å². The SMILES string of the molecule is CC.COc1c(C)c(CC(=O)O)c(OC)c2ccccc12. The zero-order valence-corrected chi connectivity index (χ0v) is 13.2. The first-order valence-corrected chi connectivity index (χ1v) is 6.94. The van der Waals surface area contributed by atoms with E-state index in [1.165, 1.54) is 0 Å². The molecule has 0 heterocycles. The minimum Gasteiger partial charge on any atom is -0.496 e. The molecule has 0 fully saturated rings. The van der Waals surface area contributed by atoms with Gasteiger partial charge >= 0.3 is 5.97 Å². The van der Waals surface area contributed by atoms with Gasteiger partial charge in [0.1, 0.15) is 11.5 Å². The van der Waals surface area contributed by atoms with Crippen LogP contribution in [-0.4, -0.2) is 25.3 Å². The summed E-state index contributed by atoms with van der Waals surface area (Å²) >= 11 is 0. The molecule has 0 atom stereocenters. The third-order valence-corrected chi connectivity index (χ3v) is 3.22. The van der Waals surface area contributed by atoms with Crippen LogP contribution in [0.3, 0.4) is 0 Å². The van der Waals surface area contributed by atoms with Gasteiger partial charge in [-0.3, -0.25) is 4.79 Å². The van der Waals surface area contributed by atoms with Gasteiger partial charge in [0.05, 0.1) is 20.6 Å². The second-order valence-electron chi connectivity index (χ2n) is 4.29. The van der Waals surface area contributed by atoms with Crippen LogP contribution in [0.25, 0.3) is 10.8 Å². The topological polar surface area (TPSA) is 55.8 Å². The number of hydrogen-bond donors (Lipinski definition) is 1. The standard InChI is InChI=1S/C15H16O4.C2H6/c1-9-12(8-13(16)17)15(19-3)11-7-5-4-6-10(11)14(9)18-2;1-2/h4-7H,8H2,1-3H3,(H,16,17);1-2H3. The Bertz CT molecular complexity index is 632. The van der Waals surface area contributed by atoms with Crippen molar-refractivity contribution in [3.63, 3.8) is 0 Å². The van der Waals surface area contributed by atoms with Gasteiger partial charge in [0, 0.05) is 16.3 Å².